The van der Waals surface area contributed by atoms with Gasteiger partial charge in [-0.1, -0.05) is 35.9 Å². The standard InChI is InChI=1S/C26H23ClN2O3/c1-15-9-11-19(14-16(15)2)29-25(30)23(20-7-5-6-8-22(20)32-4)24(26(29)31)28-21-12-10-18(27)13-17(21)3/h5-14,28H,1-4H3. The highest BCUT2D eigenvalue weighted by atomic mass is 35.5. The molecule has 0 saturated carbocycles. The Bertz CT molecular complexity index is 1280. The number of hydrogen-bond acceptors (Lipinski definition) is 4. The van der Waals surface area contributed by atoms with Gasteiger partial charge in [0.25, 0.3) is 11.8 Å². The summed E-state index contributed by atoms with van der Waals surface area (Å²) in [7, 11) is 1.54. The van der Waals surface area contributed by atoms with E-state index in [-0.39, 0.29) is 11.3 Å². The summed E-state index contributed by atoms with van der Waals surface area (Å²) in [4.78, 5) is 28.5. The minimum Gasteiger partial charge on any atom is -0.496 e. The Labute approximate surface area is 192 Å². The monoisotopic (exact) mass is 446 g/mol. The SMILES string of the molecule is COc1ccccc1C1=C(Nc2ccc(Cl)cc2C)C(=O)N(c2ccc(C)c(C)c2)C1=O. The molecule has 0 spiro atoms. The van der Waals surface area contributed by atoms with Gasteiger partial charge in [0.15, 0.2) is 0 Å². The van der Waals surface area contributed by atoms with Crippen molar-refractivity contribution in [1.29, 1.82) is 0 Å². The molecule has 1 aliphatic rings. The van der Waals surface area contributed by atoms with Crippen LogP contribution >= 0.6 is 11.6 Å². The smallest absolute Gasteiger partial charge is 0.282 e. The van der Waals surface area contributed by atoms with Crippen LogP contribution in [0.25, 0.3) is 5.57 Å². The molecule has 32 heavy (non-hydrogen) atoms. The van der Waals surface area contributed by atoms with Gasteiger partial charge in [-0.25, -0.2) is 4.90 Å². The molecule has 0 radical (unpaired) electrons. The van der Waals surface area contributed by atoms with E-state index >= 15 is 0 Å². The van der Waals surface area contributed by atoms with Crippen LogP contribution in [-0.4, -0.2) is 18.9 Å². The minimum absolute atomic E-state index is 0.197. The van der Waals surface area contributed by atoms with Crippen molar-refractivity contribution in [3.8, 4) is 5.75 Å². The fourth-order valence-corrected chi connectivity index (χ4v) is 3.97. The second kappa shape index (κ2) is 8.52. The summed E-state index contributed by atoms with van der Waals surface area (Å²) < 4.78 is 5.49. The van der Waals surface area contributed by atoms with Crippen LogP contribution in [0.3, 0.4) is 0 Å². The number of ether oxygens (including phenoxy) is 1. The average molecular weight is 447 g/mol. The van der Waals surface area contributed by atoms with Crippen LogP contribution in [0.2, 0.25) is 5.02 Å². The summed E-state index contributed by atoms with van der Waals surface area (Å²) >= 11 is 6.09. The van der Waals surface area contributed by atoms with E-state index < -0.39 is 11.8 Å². The van der Waals surface area contributed by atoms with E-state index in [1.54, 1.807) is 36.4 Å². The molecule has 3 aromatic rings. The Morgan fingerprint density at radius 1 is 0.844 bits per heavy atom. The van der Waals surface area contributed by atoms with E-state index in [2.05, 4.69) is 5.32 Å². The molecular formula is C26H23ClN2O3. The number of carbonyl (C=O) groups is 2. The van der Waals surface area contributed by atoms with Crippen LogP contribution in [0.4, 0.5) is 11.4 Å². The van der Waals surface area contributed by atoms with Crippen molar-refractivity contribution in [2.45, 2.75) is 20.8 Å². The van der Waals surface area contributed by atoms with Gasteiger partial charge in [-0.15, -0.1) is 0 Å². The molecule has 0 unspecified atom stereocenters. The molecule has 0 bridgehead atoms. The number of rotatable bonds is 5. The zero-order valence-electron chi connectivity index (χ0n) is 18.3. The minimum atomic E-state index is -0.423. The number of carbonyl (C=O) groups excluding carboxylic acids is 2. The van der Waals surface area contributed by atoms with Crippen molar-refractivity contribution in [2.24, 2.45) is 0 Å². The highest BCUT2D eigenvalue weighted by molar-refractivity contribution is 6.46. The quantitative estimate of drug-likeness (QED) is 0.513. The molecule has 2 amide bonds. The first-order valence-corrected chi connectivity index (χ1v) is 10.6. The number of methoxy groups -OCH3 is 1. The van der Waals surface area contributed by atoms with Gasteiger partial charge < -0.3 is 10.1 Å². The van der Waals surface area contributed by atoms with Crippen molar-refractivity contribution in [3.63, 3.8) is 0 Å². The van der Waals surface area contributed by atoms with Gasteiger partial charge in [0.2, 0.25) is 0 Å². The molecule has 0 aliphatic carbocycles. The third kappa shape index (κ3) is 3.76. The Kier molecular flexibility index (Phi) is 5.76. The van der Waals surface area contributed by atoms with Crippen LogP contribution in [0, 0.1) is 20.8 Å². The fourth-order valence-electron chi connectivity index (χ4n) is 3.75. The van der Waals surface area contributed by atoms with Gasteiger partial charge in [-0.2, -0.15) is 0 Å². The molecule has 1 aliphatic heterocycles. The topological polar surface area (TPSA) is 58.6 Å². The van der Waals surface area contributed by atoms with Gasteiger partial charge in [0.05, 0.1) is 18.4 Å². The first kappa shape index (κ1) is 21.7. The lowest BCUT2D eigenvalue weighted by atomic mass is 10.0. The lowest BCUT2D eigenvalue weighted by Crippen LogP contribution is -2.32. The summed E-state index contributed by atoms with van der Waals surface area (Å²) in [6, 6.07) is 18.1. The van der Waals surface area contributed by atoms with E-state index in [0.29, 0.717) is 27.7 Å². The molecule has 0 atom stereocenters. The van der Waals surface area contributed by atoms with E-state index in [0.717, 1.165) is 16.7 Å². The molecule has 0 aromatic heterocycles. The van der Waals surface area contributed by atoms with Crippen LogP contribution in [-0.2, 0) is 9.59 Å². The van der Waals surface area contributed by atoms with Crippen LogP contribution in [0.1, 0.15) is 22.3 Å². The largest absolute Gasteiger partial charge is 0.496 e. The van der Waals surface area contributed by atoms with Crippen molar-refractivity contribution >= 4 is 40.4 Å². The Balaban J connectivity index is 1.88. The highest BCUT2D eigenvalue weighted by Gasteiger charge is 2.41. The normalized spacial score (nSPS) is 13.7. The molecular weight excluding hydrogens is 424 g/mol. The van der Waals surface area contributed by atoms with E-state index in [1.165, 1.54) is 12.0 Å². The number of nitrogens with zero attached hydrogens (tertiary/aromatic N) is 1. The first-order valence-electron chi connectivity index (χ1n) is 10.2. The lowest BCUT2D eigenvalue weighted by Gasteiger charge is -2.17. The zero-order valence-corrected chi connectivity index (χ0v) is 19.1. The molecule has 4 rings (SSSR count). The highest BCUT2D eigenvalue weighted by Crippen LogP contribution is 2.38. The number of aryl methyl sites for hydroxylation is 3. The molecule has 3 aromatic carbocycles. The number of nitrogens with one attached hydrogen (secondary N) is 1. The van der Waals surface area contributed by atoms with Crippen molar-refractivity contribution in [3.05, 3.63) is 93.6 Å². The molecule has 5 nitrogen and oxygen atoms in total. The number of para-hydroxylation sites is 1. The van der Waals surface area contributed by atoms with E-state index in [1.807, 2.05) is 45.0 Å². The number of imide groups is 1. The van der Waals surface area contributed by atoms with Gasteiger partial charge >= 0.3 is 0 Å². The lowest BCUT2D eigenvalue weighted by molar-refractivity contribution is -0.120. The number of hydrogen-bond donors (Lipinski definition) is 1. The van der Waals surface area contributed by atoms with Crippen LogP contribution in [0.15, 0.2) is 66.4 Å². The summed E-state index contributed by atoms with van der Waals surface area (Å²) in [5.41, 5.74) is 5.17. The fraction of sp³-hybridized carbons (Fsp3) is 0.154. The van der Waals surface area contributed by atoms with Crippen molar-refractivity contribution < 1.29 is 14.3 Å². The maximum atomic E-state index is 13.7. The molecule has 1 N–H and O–H groups in total. The Morgan fingerprint density at radius 3 is 2.28 bits per heavy atom. The van der Waals surface area contributed by atoms with Crippen molar-refractivity contribution in [2.75, 3.05) is 17.3 Å². The summed E-state index contributed by atoms with van der Waals surface area (Å²) in [6.45, 7) is 5.83. The predicted molar refractivity (Wildman–Crippen MR) is 128 cm³/mol. The Hall–Kier alpha value is -3.57. The maximum Gasteiger partial charge on any atom is 0.282 e. The average Bonchev–Trinajstić information content (AvgIpc) is 3.01. The van der Waals surface area contributed by atoms with E-state index in [9.17, 15) is 9.59 Å². The second-order valence-electron chi connectivity index (χ2n) is 7.75. The summed E-state index contributed by atoms with van der Waals surface area (Å²) in [5.74, 6) is -0.317. The molecule has 1 heterocycles. The van der Waals surface area contributed by atoms with Gasteiger partial charge in [-0.05, 0) is 73.9 Å². The van der Waals surface area contributed by atoms with Gasteiger partial charge in [-0.3, -0.25) is 9.59 Å². The number of halogens is 1. The second-order valence-corrected chi connectivity index (χ2v) is 8.19. The van der Waals surface area contributed by atoms with Gasteiger partial charge in [0, 0.05) is 16.3 Å². The third-order valence-corrected chi connectivity index (χ3v) is 5.89. The van der Waals surface area contributed by atoms with E-state index in [4.69, 9.17) is 16.3 Å². The zero-order chi connectivity index (χ0) is 23.0. The maximum absolute atomic E-state index is 13.7. The molecule has 162 valence electrons. The summed E-state index contributed by atoms with van der Waals surface area (Å²) in [6.07, 6.45) is 0. The van der Waals surface area contributed by atoms with Gasteiger partial charge in [0.1, 0.15) is 11.4 Å². The summed E-state index contributed by atoms with van der Waals surface area (Å²) in [5, 5.41) is 3.79. The van der Waals surface area contributed by atoms with Crippen LogP contribution in [0.5, 0.6) is 5.75 Å². The molecule has 0 saturated heterocycles. The third-order valence-electron chi connectivity index (χ3n) is 5.66. The van der Waals surface area contributed by atoms with Crippen LogP contribution < -0.4 is 15.0 Å². The Morgan fingerprint density at radius 2 is 1.59 bits per heavy atom. The predicted octanol–water partition coefficient (Wildman–Crippen LogP) is 5.67. The number of amides is 2. The molecule has 6 heteroatoms. The molecule has 0 fully saturated rings. The van der Waals surface area contributed by atoms with Crippen molar-refractivity contribution in [1.82, 2.24) is 0 Å². The number of benzene rings is 3. The number of anilines is 2. The first-order chi connectivity index (χ1) is 15.3.